The minimum absolute atomic E-state index is 0.195. The van der Waals surface area contributed by atoms with E-state index in [1.807, 2.05) is 11.8 Å². The molecule has 138 valence electrons. The topological polar surface area (TPSA) is 44.4 Å². The lowest BCUT2D eigenvalue weighted by atomic mass is 9.82. The van der Waals surface area contributed by atoms with Crippen molar-refractivity contribution in [1.82, 2.24) is 10.2 Å². The van der Waals surface area contributed by atoms with E-state index >= 15 is 0 Å². The van der Waals surface area contributed by atoms with Gasteiger partial charge in [0.2, 0.25) is 5.91 Å². The molecular weight excluding hydrogens is 330 g/mol. The molecule has 1 fully saturated rings. The molecule has 0 bridgehead atoms. The van der Waals surface area contributed by atoms with Crippen LogP contribution in [0.5, 0.6) is 0 Å². The van der Waals surface area contributed by atoms with Gasteiger partial charge in [-0.1, -0.05) is 26.0 Å². The number of piperidine rings is 1. The van der Waals surface area contributed by atoms with E-state index in [4.69, 9.17) is 0 Å². The first-order chi connectivity index (χ1) is 12.1. The van der Waals surface area contributed by atoms with E-state index in [0.717, 1.165) is 57.7 Å². The minimum Gasteiger partial charge on any atom is -0.375 e. The van der Waals surface area contributed by atoms with Crippen LogP contribution in [-0.4, -0.2) is 42.9 Å². The van der Waals surface area contributed by atoms with Crippen LogP contribution in [0.4, 0.5) is 5.69 Å². The number of nitrogens with zero attached hydrogens (tertiary/aromatic N) is 1. The van der Waals surface area contributed by atoms with Gasteiger partial charge in [0.15, 0.2) is 0 Å². The van der Waals surface area contributed by atoms with Gasteiger partial charge >= 0.3 is 0 Å². The molecule has 0 spiro atoms. The third kappa shape index (κ3) is 5.14. The van der Waals surface area contributed by atoms with Crippen molar-refractivity contribution < 1.29 is 4.79 Å². The van der Waals surface area contributed by atoms with Crippen LogP contribution in [0.25, 0.3) is 0 Å². The second-order valence-corrected chi connectivity index (χ2v) is 8.92. The Bertz CT molecular complexity index is 603. The van der Waals surface area contributed by atoms with Crippen LogP contribution in [-0.2, 0) is 11.2 Å². The molecule has 0 atom stereocenters. The summed E-state index contributed by atoms with van der Waals surface area (Å²) in [6, 6.07) is 6.54. The van der Waals surface area contributed by atoms with Crippen LogP contribution in [0.15, 0.2) is 23.1 Å². The third-order valence-corrected chi connectivity index (χ3v) is 6.28. The first-order valence-corrected chi connectivity index (χ1v) is 10.5. The average molecular weight is 362 g/mol. The standard InChI is InChI=1S/C20H31N3OS/c1-20(2)9-13-23(18(24)14-20)12-4-3-10-21-11-8-16-6-5-7-17-19(16)25-15-22-17/h5-7,21-22H,3-4,8-15H2,1-2H3. The number of unbranched alkanes of at least 4 members (excludes halogenated alkanes) is 1. The lowest BCUT2D eigenvalue weighted by molar-refractivity contribution is -0.137. The van der Waals surface area contributed by atoms with Gasteiger partial charge in [0.1, 0.15) is 0 Å². The van der Waals surface area contributed by atoms with E-state index in [-0.39, 0.29) is 5.41 Å². The van der Waals surface area contributed by atoms with E-state index < -0.39 is 0 Å². The number of hydrogen-bond donors (Lipinski definition) is 2. The second-order valence-electron chi connectivity index (χ2n) is 7.94. The maximum atomic E-state index is 12.1. The summed E-state index contributed by atoms with van der Waals surface area (Å²) < 4.78 is 0. The van der Waals surface area contributed by atoms with Crippen molar-refractivity contribution in [2.45, 2.75) is 50.8 Å². The molecule has 1 aromatic rings. The third-order valence-electron chi connectivity index (χ3n) is 5.22. The van der Waals surface area contributed by atoms with Crippen molar-refractivity contribution in [3.63, 3.8) is 0 Å². The van der Waals surface area contributed by atoms with Gasteiger partial charge in [-0.2, -0.15) is 0 Å². The summed E-state index contributed by atoms with van der Waals surface area (Å²) in [6.07, 6.45) is 5.15. The zero-order valence-electron chi connectivity index (χ0n) is 15.6. The number of hydrogen-bond acceptors (Lipinski definition) is 4. The average Bonchev–Trinajstić information content (AvgIpc) is 3.04. The molecule has 0 unspecified atom stereocenters. The van der Waals surface area contributed by atoms with Crippen molar-refractivity contribution in [2.75, 3.05) is 37.4 Å². The molecule has 1 saturated heterocycles. The van der Waals surface area contributed by atoms with Crippen molar-refractivity contribution >= 4 is 23.4 Å². The van der Waals surface area contributed by atoms with Crippen molar-refractivity contribution in [3.8, 4) is 0 Å². The van der Waals surface area contributed by atoms with E-state index in [1.54, 1.807) is 0 Å². The quantitative estimate of drug-likeness (QED) is 0.693. The Hall–Kier alpha value is -1.20. The fourth-order valence-electron chi connectivity index (χ4n) is 3.59. The number of anilines is 1. The smallest absolute Gasteiger partial charge is 0.223 e. The number of likely N-dealkylation sites (tertiary alicyclic amines) is 1. The molecule has 25 heavy (non-hydrogen) atoms. The molecule has 4 nitrogen and oxygen atoms in total. The molecule has 0 aromatic heterocycles. The maximum absolute atomic E-state index is 12.1. The Morgan fingerprint density at radius 3 is 3.00 bits per heavy atom. The highest BCUT2D eigenvalue weighted by Crippen LogP contribution is 2.36. The van der Waals surface area contributed by atoms with Crippen LogP contribution in [0.2, 0.25) is 0 Å². The summed E-state index contributed by atoms with van der Waals surface area (Å²) >= 11 is 1.91. The van der Waals surface area contributed by atoms with Crippen molar-refractivity contribution in [1.29, 1.82) is 0 Å². The molecule has 2 aliphatic heterocycles. The normalized spacial score (nSPS) is 19.0. The van der Waals surface area contributed by atoms with E-state index in [2.05, 4.69) is 47.6 Å². The van der Waals surface area contributed by atoms with Crippen LogP contribution in [0.1, 0.15) is 45.1 Å². The zero-order valence-corrected chi connectivity index (χ0v) is 16.4. The van der Waals surface area contributed by atoms with E-state index in [9.17, 15) is 4.79 Å². The highest BCUT2D eigenvalue weighted by atomic mass is 32.2. The molecule has 0 saturated carbocycles. The van der Waals surface area contributed by atoms with Gasteiger partial charge in [0.25, 0.3) is 0 Å². The monoisotopic (exact) mass is 361 g/mol. The Kier molecular flexibility index (Phi) is 6.29. The second kappa shape index (κ2) is 8.45. The number of thioether (sulfide) groups is 1. The Morgan fingerprint density at radius 1 is 1.28 bits per heavy atom. The summed E-state index contributed by atoms with van der Waals surface area (Å²) in [5, 5.41) is 6.96. The number of benzene rings is 1. The Balaban J connectivity index is 1.28. The zero-order chi connectivity index (χ0) is 17.7. The van der Waals surface area contributed by atoms with Gasteiger partial charge < -0.3 is 15.5 Å². The van der Waals surface area contributed by atoms with Crippen LogP contribution in [0, 0.1) is 5.41 Å². The van der Waals surface area contributed by atoms with Crippen LogP contribution < -0.4 is 10.6 Å². The van der Waals surface area contributed by atoms with E-state index in [0.29, 0.717) is 12.3 Å². The fourth-order valence-corrected chi connectivity index (χ4v) is 4.61. The summed E-state index contributed by atoms with van der Waals surface area (Å²) in [5.74, 6) is 1.33. The first-order valence-electron chi connectivity index (χ1n) is 9.52. The molecule has 2 aliphatic rings. The minimum atomic E-state index is 0.195. The maximum Gasteiger partial charge on any atom is 0.223 e. The lowest BCUT2D eigenvalue weighted by Crippen LogP contribution is -2.42. The van der Waals surface area contributed by atoms with Gasteiger partial charge in [-0.15, -0.1) is 11.8 Å². The predicted octanol–water partition coefficient (Wildman–Crippen LogP) is 3.72. The molecule has 1 amide bonds. The van der Waals surface area contributed by atoms with Gasteiger partial charge in [-0.25, -0.2) is 0 Å². The number of carbonyl (C=O) groups excluding carboxylic acids is 1. The number of nitrogens with one attached hydrogen (secondary N) is 2. The molecule has 5 heteroatoms. The molecule has 0 radical (unpaired) electrons. The highest BCUT2D eigenvalue weighted by molar-refractivity contribution is 8.00. The van der Waals surface area contributed by atoms with Gasteiger partial charge in [0, 0.05) is 30.1 Å². The van der Waals surface area contributed by atoms with Gasteiger partial charge in [-0.3, -0.25) is 4.79 Å². The summed E-state index contributed by atoms with van der Waals surface area (Å²) in [6.45, 7) is 8.31. The van der Waals surface area contributed by atoms with Gasteiger partial charge in [-0.05, 0) is 55.8 Å². The van der Waals surface area contributed by atoms with Crippen molar-refractivity contribution in [2.24, 2.45) is 5.41 Å². The van der Waals surface area contributed by atoms with Crippen LogP contribution >= 0.6 is 11.8 Å². The summed E-state index contributed by atoms with van der Waals surface area (Å²) in [4.78, 5) is 15.6. The highest BCUT2D eigenvalue weighted by Gasteiger charge is 2.30. The van der Waals surface area contributed by atoms with Crippen LogP contribution in [0.3, 0.4) is 0 Å². The largest absolute Gasteiger partial charge is 0.375 e. The fraction of sp³-hybridized carbons (Fsp3) is 0.650. The molecule has 0 aliphatic carbocycles. The molecular formula is C20H31N3OS. The molecule has 2 heterocycles. The van der Waals surface area contributed by atoms with Gasteiger partial charge in [0.05, 0.1) is 5.88 Å². The van der Waals surface area contributed by atoms with Crippen molar-refractivity contribution in [3.05, 3.63) is 23.8 Å². The van der Waals surface area contributed by atoms with E-state index in [1.165, 1.54) is 16.1 Å². The Morgan fingerprint density at radius 2 is 2.16 bits per heavy atom. The number of rotatable bonds is 8. The first kappa shape index (κ1) is 18.6. The number of amides is 1. The Labute approximate surface area is 156 Å². The summed E-state index contributed by atoms with van der Waals surface area (Å²) in [7, 11) is 0. The number of fused-ring (bicyclic) bond motifs is 1. The SMILES string of the molecule is CC1(C)CCN(CCCCNCCc2cccc3c2SCN3)C(=O)C1. The molecule has 3 rings (SSSR count). The lowest BCUT2D eigenvalue weighted by Gasteiger charge is -2.36. The predicted molar refractivity (Wildman–Crippen MR) is 106 cm³/mol. The number of carbonyl (C=O) groups is 1. The molecule has 2 N–H and O–H groups in total. The summed E-state index contributed by atoms with van der Waals surface area (Å²) in [5.41, 5.74) is 2.93. The molecule has 1 aromatic carbocycles.